The van der Waals surface area contributed by atoms with Crippen molar-refractivity contribution in [2.45, 2.75) is 6.42 Å². The van der Waals surface area contributed by atoms with Gasteiger partial charge in [0.25, 0.3) is 5.69 Å². The lowest BCUT2D eigenvalue weighted by molar-refractivity contribution is -0.384. The Balaban J connectivity index is 1.85. The smallest absolute Gasteiger partial charge is 0.269 e. The molecule has 0 aliphatic rings. The van der Waals surface area contributed by atoms with Gasteiger partial charge in [-0.25, -0.2) is 0 Å². The highest BCUT2D eigenvalue weighted by molar-refractivity contribution is 6.29. The van der Waals surface area contributed by atoms with Crippen LogP contribution < -0.4 is 5.32 Å². The lowest BCUT2D eigenvalue weighted by Crippen LogP contribution is -2.06. The van der Waals surface area contributed by atoms with E-state index in [1.54, 1.807) is 24.3 Å². The fourth-order valence-corrected chi connectivity index (χ4v) is 1.63. The lowest BCUT2D eigenvalue weighted by Gasteiger charge is -2.04. The molecule has 0 fully saturated rings. The summed E-state index contributed by atoms with van der Waals surface area (Å²) in [6, 6.07) is 9.88. The average Bonchev–Trinajstić information content (AvgIpc) is 2.41. The monoisotopic (exact) mass is 278 g/mol. The SMILES string of the molecule is O=[N+]([O-])c1ccc(CCNc2ccc(Cl)nn2)cc1. The van der Waals surface area contributed by atoms with E-state index in [-0.39, 0.29) is 5.69 Å². The third-order valence-electron chi connectivity index (χ3n) is 2.50. The van der Waals surface area contributed by atoms with E-state index >= 15 is 0 Å². The highest BCUT2D eigenvalue weighted by atomic mass is 35.5. The number of anilines is 1. The molecular weight excluding hydrogens is 268 g/mol. The first-order valence-corrected chi connectivity index (χ1v) is 5.99. The van der Waals surface area contributed by atoms with Crippen LogP contribution in [0.15, 0.2) is 36.4 Å². The summed E-state index contributed by atoms with van der Waals surface area (Å²) in [5.41, 5.74) is 1.11. The van der Waals surface area contributed by atoms with Crippen LogP contribution in [0, 0.1) is 10.1 Å². The Labute approximate surface area is 114 Å². The number of nitro groups is 1. The molecule has 0 bridgehead atoms. The first kappa shape index (κ1) is 13.2. The molecule has 1 N–H and O–H groups in total. The van der Waals surface area contributed by atoms with Gasteiger partial charge in [0.15, 0.2) is 5.15 Å². The maximum atomic E-state index is 10.5. The Morgan fingerprint density at radius 1 is 1.16 bits per heavy atom. The minimum absolute atomic E-state index is 0.0975. The summed E-state index contributed by atoms with van der Waals surface area (Å²) in [6.07, 6.45) is 0.738. The van der Waals surface area contributed by atoms with E-state index in [4.69, 9.17) is 11.6 Å². The number of nitro benzene ring substituents is 1. The Hall–Kier alpha value is -2.21. The maximum absolute atomic E-state index is 10.5. The molecule has 1 aromatic carbocycles. The maximum Gasteiger partial charge on any atom is 0.269 e. The fourth-order valence-electron chi connectivity index (χ4n) is 1.53. The fraction of sp³-hybridized carbons (Fsp3) is 0.167. The Kier molecular flexibility index (Phi) is 4.25. The van der Waals surface area contributed by atoms with Gasteiger partial charge in [0.1, 0.15) is 5.82 Å². The molecule has 19 heavy (non-hydrogen) atoms. The molecule has 6 nitrogen and oxygen atoms in total. The summed E-state index contributed by atoms with van der Waals surface area (Å²) in [4.78, 5) is 10.1. The molecule has 2 rings (SSSR count). The molecule has 1 aromatic heterocycles. The van der Waals surface area contributed by atoms with Gasteiger partial charge in [-0.15, -0.1) is 10.2 Å². The van der Waals surface area contributed by atoms with E-state index in [1.165, 1.54) is 12.1 Å². The van der Waals surface area contributed by atoms with Gasteiger partial charge >= 0.3 is 0 Å². The van der Waals surface area contributed by atoms with Gasteiger partial charge in [0, 0.05) is 18.7 Å². The zero-order valence-corrected chi connectivity index (χ0v) is 10.7. The molecule has 1 heterocycles. The predicted molar refractivity (Wildman–Crippen MR) is 72.3 cm³/mol. The summed E-state index contributed by atoms with van der Waals surface area (Å²) >= 11 is 5.63. The van der Waals surface area contributed by atoms with Crippen molar-refractivity contribution in [3.8, 4) is 0 Å². The molecule has 0 saturated heterocycles. The molecule has 98 valence electrons. The van der Waals surface area contributed by atoms with Crippen LogP contribution in [0.4, 0.5) is 11.5 Å². The van der Waals surface area contributed by atoms with Crippen molar-refractivity contribution in [3.63, 3.8) is 0 Å². The molecule has 0 spiro atoms. The molecule has 0 aliphatic carbocycles. The summed E-state index contributed by atoms with van der Waals surface area (Å²) in [5, 5.41) is 21.5. The van der Waals surface area contributed by atoms with Gasteiger partial charge in [-0.1, -0.05) is 23.7 Å². The Morgan fingerprint density at radius 3 is 2.47 bits per heavy atom. The molecule has 0 radical (unpaired) electrons. The second-order valence-electron chi connectivity index (χ2n) is 3.84. The molecular formula is C12H11ClN4O2. The van der Waals surface area contributed by atoms with Gasteiger partial charge < -0.3 is 5.32 Å². The van der Waals surface area contributed by atoms with Crippen LogP contribution in [0.2, 0.25) is 5.15 Å². The van der Waals surface area contributed by atoms with E-state index in [0.29, 0.717) is 17.5 Å². The van der Waals surface area contributed by atoms with Crippen LogP contribution in [-0.4, -0.2) is 21.7 Å². The predicted octanol–water partition coefficient (Wildman–Crippen LogP) is 2.69. The lowest BCUT2D eigenvalue weighted by atomic mass is 10.1. The van der Waals surface area contributed by atoms with E-state index in [2.05, 4.69) is 15.5 Å². The van der Waals surface area contributed by atoms with Crippen LogP contribution in [0.3, 0.4) is 0 Å². The quantitative estimate of drug-likeness (QED) is 0.672. The number of non-ortho nitro benzene ring substituents is 1. The second kappa shape index (κ2) is 6.10. The van der Waals surface area contributed by atoms with Crippen LogP contribution in [0.1, 0.15) is 5.56 Å². The number of nitrogens with one attached hydrogen (secondary N) is 1. The van der Waals surface area contributed by atoms with E-state index in [9.17, 15) is 10.1 Å². The highest BCUT2D eigenvalue weighted by Crippen LogP contribution is 2.12. The van der Waals surface area contributed by atoms with E-state index in [0.717, 1.165) is 12.0 Å². The van der Waals surface area contributed by atoms with Crippen LogP contribution in [0.25, 0.3) is 0 Å². The van der Waals surface area contributed by atoms with Crippen molar-refractivity contribution in [1.82, 2.24) is 10.2 Å². The van der Waals surface area contributed by atoms with Crippen LogP contribution >= 0.6 is 11.6 Å². The van der Waals surface area contributed by atoms with E-state index in [1.807, 2.05) is 0 Å². The van der Waals surface area contributed by atoms with Gasteiger partial charge in [-0.3, -0.25) is 10.1 Å². The zero-order chi connectivity index (χ0) is 13.7. The van der Waals surface area contributed by atoms with Crippen molar-refractivity contribution in [2.24, 2.45) is 0 Å². The van der Waals surface area contributed by atoms with Gasteiger partial charge in [0.05, 0.1) is 4.92 Å². The molecule has 0 saturated carbocycles. The third-order valence-corrected chi connectivity index (χ3v) is 2.70. The van der Waals surface area contributed by atoms with Gasteiger partial charge in [-0.05, 0) is 24.1 Å². The second-order valence-corrected chi connectivity index (χ2v) is 4.23. The van der Waals surface area contributed by atoms with Gasteiger partial charge in [0.2, 0.25) is 0 Å². The standard InChI is InChI=1S/C12H11ClN4O2/c13-11-5-6-12(16-15-11)14-8-7-9-1-3-10(4-2-9)17(18)19/h1-6H,7-8H2,(H,14,16). The number of benzene rings is 1. The normalized spacial score (nSPS) is 10.2. The van der Waals surface area contributed by atoms with Crippen LogP contribution in [-0.2, 0) is 6.42 Å². The number of hydrogen-bond donors (Lipinski definition) is 1. The number of halogens is 1. The summed E-state index contributed by atoms with van der Waals surface area (Å²) in [6.45, 7) is 0.661. The molecule has 7 heteroatoms. The Bertz CT molecular complexity index is 557. The number of hydrogen-bond acceptors (Lipinski definition) is 5. The molecule has 0 amide bonds. The van der Waals surface area contributed by atoms with E-state index < -0.39 is 4.92 Å². The molecule has 0 unspecified atom stereocenters. The minimum atomic E-state index is -0.411. The first-order chi connectivity index (χ1) is 9.15. The topological polar surface area (TPSA) is 81.0 Å². The van der Waals surface area contributed by atoms with Crippen molar-refractivity contribution in [2.75, 3.05) is 11.9 Å². The summed E-state index contributed by atoms with van der Waals surface area (Å²) in [7, 11) is 0. The highest BCUT2D eigenvalue weighted by Gasteiger charge is 2.03. The van der Waals surface area contributed by atoms with Gasteiger partial charge in [-0.2, -0.15) is 0 Å². The third kappa shape index (κ3) is 3.89. The average molecular weight is 279 g/mol. The van der Waals surface area contributed by atoms with Crippen molar-refractivity contribution < 1.29 is 4.92 Å². The molecule has 0 atom stereocenters. The number of aromatic nitrogens is 2. The number of rotatable bonds is 5. The summed E-state index contributed by atoms with van der Waals surface area (Å²) in [5.74, 6) is 0.645. The molecule has 2 aromatic rings. The van der Waals surface area contributed by atoms with Crippen LogP contribution in [0.5, 0.6) is 0 Å². The Morgan fingerprint density at radius 2 is 1.89 bits per heavy atom. The molecule has 0 aliphatic heterocycles. The first-order valence-electron chi connectivity index (χ1n) is 5.61. The van der Waals surface area contributed by atoms with Crippen molar-refractivity contribution >= 4 is 23.1 Å². The zero-order valence-electron chi connectivity index (χ0n) is 9.91. The largest absolute Gasteiger partial charge is 0.368 e. The van der Waals surface area contributed by atoms with Crippen molar-refractivity contribution in [3.05, 3.63) is 57.2 Å². The minimum Gasteiger partial charge on any atom is -0.368 e. The summed E-state index contributed by atoms with van der Waals surface area (Å²) < 4.78 is 0. The number of nitrogens with zero attached hydrogens (tertiary/aromatic N) is 3. The van der Waals surface area contributed by atoms with Crippen molar-refractivity contribution in [1.29, 1.82) is 0 Å².